The predicted octanol–water partition coefficient (Wildman–Crippen LogP) is 3.59. The lowest BCUT2D eigenvalue weighted by atomic mass is 10.00. The van der Waals surface area contributed by atoms with Crippen molar-refractivity contribution >= 4 is 34.1 Å². The average molecular weight is 358 g/mol. The topological polar surface area (TPSA) is 74.3 Å². The van der Waals surface area contributed by atoms with Gasteiger partial charge in [0, 0.05) is 24.2 Å². The number of amides is 3. The highest BCUT2D eigenvalue weighted by atomic mass is 32.1. The largest absolute Gasteiger partial charge is 0.342 e. The molecule has 1 aromatic carbocycles. The fraction of sp³-hybridized carbons (Fsp3) is 0.389. The molecular weight excluding hydrogens is 336 g/mol. The van der Waals surface area contributed by atoms with E-state index in [0.29, 0.717) is 22.4 Å². The van der Waals surface area contributed by atoms with E-state index in [-0.39, 0.29) is 18.4 Å². The summed E-state index contributed by atoms with van der Waals surface area (Å²) in [4.78, 5) is 30.6. The van der Waals surface area contributed by atoms with E-state index in [0.717, 1.165) is 19.5 Å². The van der Waals surface area contributed by atoms with Crippen molar-refractivity contribution in [1.82, 2.24) is 9.88 Å². The highest BCUT2D eigenvalue weighted by Crippen LogP contribution is 2.19. The van der Waals surface area contributed by atoms with Crippen LogP contribution in [0.25, 0.3) is 0 Å². The molecule has 0 radical (unpaired) electrons. The summed E-state index contributed by atoms with van der Waals surface area (Å²) < 4.78 is 0. The van der Waals surface area contributed by atoms with Crippen LogP contribution in [0, 0.1) is 5.92 Å². The maximum atomic E-state index is 12.4. The van der Waals surface area contributed by atoms with Crippen molar-refractivity contribution in [2.45, 2.75) is 26.2 Å². The molecule has 1 aliphatic rings. The Morgan fingerprint density at radius 3 is 2.84 bits per heavy atom. The number of carbonyl (C=O) groups excluding carboxylic acids is 2. The smallest absolute Gasteiger partial charge is 0.325 e. The Balaban J connectivity index is 1.51. The average Bonchev–Trinajstić information content (AvgIpc) is 3.02. The lowest BCUT2D eigenvalue weighted by Gasteiger charge is -2.30. The Labute approximate surface area is 151 Å². The number of benzene rings is 1. The molecular formula is C18H22N4O2S. The molecule has 25 heavy (non-hydrogen) atoms. The lowest BCUT2D eigenvalue weighted by Crippen LogP contribution is -2.39. The number of piperidine rings is 1. The molecule has 6 nitrogen and oxygen atoms in total. The second-order valence-corrected chi connectivity index (χ2v) is 7.21. The van der Waals surface area contributed by atoms with Crippen molar-refractivity contribution in [2.24, 2.45) is 5.92 Å². The van der Waals surface area contributed by atoms with Gasteiger partial charge < -0.3 is 10.2 Å². The Bertz CT molecular complexity index is 732. The van der Waals surface area contributed by atoms with Crippen LogP contribution >= 0.6 is 11.3 Å². The zero-order chi connectivity index (χ0) is 17.6. The summed E-state index contributed by atoms with van der Waals surface area (Å²) >= 11 is 1.32. The third-order valence-corrected chi connectivity index (χ3v) is 4.95. The number of aromatic nitrogens is 1. The number of thiazole rings is 1. The molecule has 0 spiro atoms. The molecule has 0 bridgehead atoms. The van der Waals surface area contributed by atoms with Gasteiger partial charge in [0.2, 0.25) is 5.91 Å². The summed E-state index contributed by atoms with van der Waals surface area (Å²) in [5.41, 5.74) is 1.41. The second-order valence-electron chi connectivity index (χ2n) is 6.35. The maximum absolute atomic E-state index is 12.4. The van der Waals surface area contributed by atoms with Crippen LogP contribution in [0.15, 0.2) is 35.7 Å². The number of nitrogens with one attached hydrogen (secondary N) is 2. The van der Waals surface area contributed by atoms with Crippen LogP contribution in [0.2, 0.25) is 0 Å². The summed E-state index contributed by atoms with van der Waals surface area (Å²) in [6.07, 6.45) is 2.53. The fourth-order valence-electron chi connectivity index (χ4n) is 2.91. The first kappa shape index (κ1) is 17.4. The quantitative estimate of drug-likeness (QED) is 0.877. The number of urea groups is 1. The molecule has 1 atom stereocenters. The molecule has 0 saturated carbocycles. The number of likely N-dealkylation sites (tertiary alicyclic amines) is 1. The van der Waals surface area contributed by atoms with Gasteiger partial charge in [0.25, 0.3) is 0 Å². The third-order valence-electron chi connectivity index (χ3n) is 4.15. The number of para-hydroxylation sites is 1. The molecule has 2 aromatic rings. The van der Waals surface area contributed by atoms with Crippen LogP contribution in [0.3, 0.4) is 0 Å². The molecule has 0 aliphatic carbocycles. The molecule has 1 aromatic heterocycles. The predicted molar refractivity (Wildman–Crippen MR) is 99.9 cm³/mol. The Morgan fingerprint density at radius 1 is 1.28 bits per heavy atom. The van der Waals surface area contributed by atoms with Gasteiger partial charge in [-0.25, -0.2) is 9.78 Å². The standard InChI is InChI=1S/C18H22N4O2S/c1-13-6-5-9-22(11-13)16(23)10-15-12-25-18(20-15)21-17(24)19-14-7-3-2-4-8-14/h2-4,7-8,12-13H,5-6,9-11H2,1H3,(H2,19,20,21,24)/t13-/m1/s1. The van der Waals surface area contributed by atoms with Gasteiger partial charge in [0.1, 0.15) is 0 Å². The van der Waals surface area contributed by atoms with E-state index in [1.807, 2.05) is 40.6 Å². The molecule has 2 heterocycles. The van der Waals surface area contributed by atoms with Crippen molar-refractivity contribution in [3.63, 3.8) is 0 Å². The van der Waals surface area contributed by atoms with E-state index < -0.39 is 0 Å². The molecule has 1 saturated heterocycles. The van der Waals surface area contributed by atoms with Crippen molar-refractivity contribution < 1.29 is 9.59 Å². The summed E-state index contributed by atoms with van der Waals surface area (Å²) in [7, 11) is 0. The van der Waals surface area contributed by atoms with Gasteiger partial charge in [0.15, 0.2) is 5.13 Å². The van der Waals surface area contributed by atoms with Gasteiger partial charge in [0.05, 0.1) is 12.1 Å². The zero-order valence-corrected chi connectivity index (χ0v) is 15.0. The number of anilines is 2. The zero-order valence-electron chi connectivity index (χ0n) is 14.2. The van der Waals surface area contributed by atoms with Gasteiger partial charge in [-0.15, -0.1) is 11.3 Å². The molecule has 0 unspecified atom stereocenters. The summed E-state index contributed by atoms with van der Waals surface area (Å²) in [6, 6.07) is 8.87. The number of rotatable bonds is 4. The summed E-state index contributed by atoms with van der Waals surface area (Å²) in [6.45, 7) is 3.83. The number of nitrogens with zero attached hydrogens (tertiary/aromatic N) is 2. The second kappa shape index (κ2) is 8.11. The first-order chi connectivity index (χ1) is 12.1. The molecule has 3 rings (SSSR count). The maximum Gasteiger partial charge on any atom is 0.325 e. The fourth-order valence-corrected chi connectivity index (χ4v) is 3.61. The first-order valence-corrected chi connectivity index (χ1v) is 9.33. The van der Waals surface area contributed by atoms with Gasteiger partial charge in [-0.3, -0.25) is 10.1 Å². The van der Waals surface area contributed by atoms with E-state index >= 15 is 0 Å². The Kier molecular flexibility index (Phi) is 5.65. The summed E-state index contributed by atoms with van der Waals surface area (Å²) in [5.74, 6) is 0.671. The van der Waals surface area contributed by atoms with Gasteiger partial charge in [-0.2, -0.15) is 0 Å². The van der Waals surface area contributed by atoms with Crippen LogP contribution in [0.5, 0.6) is 0 Å². The van der Waals surface area contributed by atoms with Gasteiger partial charge in [-0.1, -0.05) is 25.1 Å². The summed E-state index contributed by atoms with van der Waals surface area (Å²) in [5, 5.41) is 7.75. The molecule has 2 N–H and O–H groups in total. The lowest BCUT2D eigenvalue weighted by molar-refractivity contribution is -0.132. The number of hydrogen-bond acceptors (Lipinski definition) is 4. The molecule has 1 aliphatic heterocycles. The number of hydrogen-bond donors (Lipinski definition) is 2. The van der Waals surface area contributed by atoms with E-state index in [9.17, 15) is 9.59 Å². The van der Waals surface area contributed by atoms with Crippen molar-refractivity contribution in [2.75, 3.05) is 23.7 Å². The number of carbonyl (C=O) groups is 2. The van der Waals surface area contributed by atoms with Crippen molar-refractivity contribution in [3.05, 3.63) is 41.4 Å². The first-order valence-electron chi connectivity index (χ1n) is 8.45. The highest BCUT2D eigenvalue weighted by Gasteiger charge is 2.21. The van der Waals surface area contributed by atoms with Crippen LogP contribution in [0.1, 0.15) is 25.5 Å². The van der Waals surface area contributed by atoms with Crippen LogP contribution < -0.4 is 10.6 Å². The minimum Gasteiger partial charge on any atom is -0.342 e. The Hall–Kier alpha value is -2.41. The highest BCUT2D eigenvalue weighted by molar-refractivity contribution is 7.14. The van der Waals surface area contributed by atoms with E-state index in [1.165, 1.54) is 17.8 Å². The molecule has 3 amide bonds. The minimum atomic E-state index is -0.344. The van der Waals surface area contributed by atoms with Crippen molar-refractivity contribution in [1.29, 1.82) is 0 Å². The monoisotopic (exact) mass is 358 g/mol. The molecule has 132 valence electrons. The van der Waals surface area contributed by atoms with Gasteiger partial charge >= 0.3 is 6.03 Å². The van der Waals surface area contributed by atoms with E-state index in [4.69, 9.17) is 0 Å². The minimum absolute atomic E-state index is 0.108. The van der Waals surface area contributed by atoms with Crippen LogP contribution in [0.4, 0.5) is 15.6 Å². The third kappa shape index (κ3) is 5.03. The van der Waals surface area contributed by atoms with Gasteiger partial charge in [-0.05, 0) is 30.9 Å². The molecule has 1 fully saturated rings. The van der Waals surface area contributed by atoms with Crippen LogP contribution in [-0.2, 0) is 11.2 Å². The molecule has 7 heteroatoms. The van der Waals surface area contributed by atoms with Crippen molar-refractivity contribution in [3.8, 4) is 0 Å². The Morgan fingerprint density at radius 2 is 2.08 bits per heavy atom. The SMILES string of the molecule is C[C@@H]1CCCN(C(=O)Cc2csc(NC(=O)Nc3ccccc3)n2)C1. The van der Waals surface area contributed by atoms with E-state index in [2.05, 4.69) is 22.5 Å². The van der Waals surface area contributed by atoms with E-state index in [1.54, 1.807) is 0 Å². The normalized spacial score (nSPS) is 17.2. The van der Waals surface area contributed by atoms with Crippen LogP contribution in [-0.4, -0.2) is 34.9 Å².